The molecule has 0 atom stereocenters. The summed E-state index contributed by atoms with van der Waals surface area (Å²) in [7, 11) is -4.10. The van der Waals surface area contributed by atoms with E-state index in [1.54, 1.807) is 42.5 Å². The van der Waals surface area contributed by atoms with Crippen LogP contribution in [0.4, 0.5) is 5.69 Å². The van der Waals surface area contributed by atoms with Crippen LogP contribution in [0.15, 0.2) is 113 Å². The van der Waals surface area contributed by atoms with Gasteiger partial charge in [-0.05, 0) is 65.7 Å². The number of carbonyl (C=O) groups is 1. The fourth-order valence-electron chi connectivity index (χ4n) is 3.45. The summed E-state index contributed by atoms with van der Waals surface area (Å²) < 4.78 is 33.4. The summed E-state index contributed by atoms with van der Waals surface area (Å²) in [6, 6.07) is 29.1. The van der Waals surface area contributed by atoms with Crippen molar-refractivity contribution in [2.24, 2.45) is 5.10 Å². The van der Waals surface area contributed by atoms with Crippen molar-refractivity contribution >= 4 is 51.0 Å². The average molecular weight is 568 g/mol. The van der Waals surface area contributed by atoms with Gasteiger partial charge in [0.1, 0.15) is 18.9 Å². The van der Waals surface area contributed by atoms with Crippen LogP contribution in [0.1, 0.15) is 11.1 Å². The predicted octanol–water partition coefficient (Wildman–Crippen LogP) is 5.92. The maximum atomic E-state index is 13.4. The molecule has 0 aromatic heterocycles. The van der Waals surface area contributed by atoms with E-state index in [0.29, 0.717) is 17.9 Å². The summed E-state index contributed by atoms with van der Waals surface area (Å²) >= 11 is 12.2. The summed E-state index contributed by atoms with van der Waals surface area (Å²) in [5, 5.41) is 4.43. The van der Waals surface area contributed by atoms with E-state index in [-0.39, 0.29) is 20.6 Å². The number of rotatable bonds is 10. The standard InChI is InChI=1S/C28H23Cl2N3O4S/c29-23-15-24(30)17-25(16-23)33(38(35,36)27-9-5-2-6-10-27)19-28(34)32-31-18-21-11-13-26(14-12-21)37-20-22-7-3-1-4-8-22/h1-18H,19-20H2,(H,32,34)/b31-18-. The van der Waals surface area contributed by atoms with Crippen LogP contribution in [0, 0.1) is 0 Å². The Balaban J connectivity index is 1.42. The van der Waals surface area contributed by atoms with Crippen LogP contribution in [-0.4, -0.2) is 27.1 Å². The number of nitrogens with one attached hydrogen (secondary N) is 1. The fraction of sp³-hybridized carbons (Fsp3) is 0.0714. The van der Waals surface area contributed by atoms with E-state index < -0.39 is 22.5 Å². The third-order valence-corrected chi connectivity index (χ3v) is 7.51. The Morgan fingerprint density at radius 1 is 0.868 bits per heavy atom. The largest absolute Gasteiger partial charge is 0.489 e. The molecule has 10 heteroatoms. The summed E-state index contributed by atoms with van der Waals surface area (Å²) in [6.07, 6.45) is 1.45. The third kappa shape index (κ3) is 7.35. The highest BCUT2D eigenvalue weighted by molar-refractivity contribution is 7.92. The second-order valence-electron chi connectivity index (χ2n) is 8.09. The molecular weight excluding hydrogens is 545 g/mol. The molecule has 0 fully saturated rings. The molecule has 0 aliphatic rings. The van der Waals surface area contributed by atoms with Crippen LogP contribution in [0.3, 0.4) is 0 Å². The van der Waals surface area contributed by atoms with Crippen LogP contribution >= 0.6 is 23.2 Å². The highest BCUT2D eigenvalue weighted by atomic mass is 35.5. The zero-order chi connectivity index (χ0) is 27.0. The normalized spacial score (nSPS) is 11.3. The predicted molar refractivity (Wildman–Crippen MR) is 150 cm³/mol. The van der Waals surface area contributed by atoms with E-state index in [9.17, 15) is 13.2 Å². The molecule has 0 bridgehead atoms. The van der Waals surface area contributed by atoms with Crippen molar-refractivity contribution in [3.63, 3.8) is 0 Å². The van der Waals surface area contributed by atoms with Gasteiger partial charge in [0.2, 0.25) is 0 Å². The monoisotopic (exact) mass is 567 g/mol. The van der Waals surface area contributed by atoms with Crippen molar-refractivity contribution in [1.82, 2.24) is 5.43 Å². The summed E-state index contributed by atoms with van der Waals surface area (Å²) in [6.45, 7) is -0.0952. The summed E-state index contributed by atoms with van der Waals surface area (Å²) in [5.41, 5.74) is 4.30. The number of hydrogen-bond acceptors (Lipinski definition) is 5. The molecular formula is C28H23Cl2N3O4S. The van der Waals surface area contributed by atoms with Gasteiger partial charge in [-0.2, -0.15) is 5.10 Å². The average Bonchev–Trinajstić information content (AvgIpc) is 2.92. The van der Waals surface area contributed by atoms with Gasteiger partial charge in [0.15, 0.2) is 0 Å². The SMILES string of the molecule is O=C(CN(c1cc(Cl)cc(Cl)c1)S(=O)(=O)c1ccccc1)N/N=C\c1ccc(OCc2ccccc2)cc1. The second kappa shape index (κ2) is 12.6. The van der Waals surface area contributed by atoms with Crippen molar-refractivity contribution in [1.29, 1.82) is 0 Å². The third-order valence-electron chi connectivity index (χ3n) is 5.29. The molecule has 0 saturated heterocycles. The van der Waals surface area contributed by atoms with Gasteiger partial charge >= 0.3 is 0 Å². The summed E-state index contributed by atoms with van der Waals surface area (Å²) in [5.74, 6) is 0.0386. The molecule has 1 amide bonds. The lowest BCUT2D eigenvalue weighted by Gasteiger charge is -2.24. The molecule has 4 aromatic rings. The zero-order valence-corrected chi connectivity index (χ0v) is 22.3. The molecule has 0 aliphatic heterocycles. The van der Waals surface area contributed by atoms with Crippen LogP contribution in [0.5, 0.6) is 5.75 Å². The van der Waals surface area contributed by atoms with E-state index in [1.807, 2.05) is 30.3 Å². The zero-order valence-electron chi connectivity index (χ0n) is 20.0. The first kappa shape index (κ1) is 27.2. The quantitative estimate of drug-likeness (QED) is 0.190. The number of halogens is 2. The Hall–Kier alpha value is -3.85. The molecule has 4 rings (SSSR count). The number of hydrogen-bond donors (Lipinski definition) is 1. The van der Waals surface area contributed by atoms with Gasteiger partial charge in [0.25, 0.3) is 15.9 Å². The number of ether oxygens (including phenoxy) is 1. The molecule has 0 saturated carbocycles. The summed E-state index contributed by atoms with van der Waals surface area (Å²) in [4.78, 5) is 12.7. The number of sulfonamides is 1. The Morgan fingerprint density at radius 2 is 1.47 bits per heavy atom. The fourth-order valence-corrected chi connectivity index (χ4v) is 5.39. The highest BCUT2D eigenvalue weighted by Gasteiger charge is 2.27. The number of nitrogens with zero attached hydrogens (tertiary/aromatic N) is 2. The first-order valence-electron chi connectivity index (χ1n) is 11.4. The lowest BCUT2D eigenvalue weighted by Crippen LogP contribution is -2.39. The van der Waals surface area contributed by atoms with Crippen molar-refractivity contribution in [2.75, 3.05) is 10.8 Å². The van der Waals surface area contributed by atoms with Gasteiger partial charge in [0.05, 0.1) is 16.8 Å². The molecule has 38 heavy (non-hydrogen) atoms. The van der Waals surface area contributed by atoms with E-state index in [1.165, 1.54) is 36.5 Å². The van der Waals surface area contributed by atoms with Gasteiger partial charge in [-0.15, -0.1) is 0 Å². The number of amides is 1. The molecule has 7 nitrogen and oxygen atoms in total. The lowest BCUT2D eigenvalue weighted by molar-refractivity contribution is -0.119. The van der Waals surface area contributed by atoms with Crippen molar-refractivity contribution in [3.05, 3.63) is 124 Å². The number of hydrazone groups is 1. The minimum absolute atomic E-state index is 0.0157. The van der Waals surface area contributed by atoms with Gasteiger partial charge < -0.3 is 4.74 Å². The van der Waals surface area contributed by atoms with Gasteiger partial charge in [-0.3, -0.25) is 9.10 Å². The molecule has 0 unspecified atom stereocenters. The highest BCUT2D eigenvalue weighted by Crippen LogP contribution is 2.29. The minimum Gasteiger partial charge on any atom is -0.489 e. The number of anilines is 1. The maximum absolute atomic E-state index is 13.4. The van der Waals surface area contributed by atoms with Crippen molar-refractivity contribution in [2.45, 2.75) is 11.5 Å². The minimum atomic E-state index is -4.10. The first-order valence-corrected chi connectivity index (χ1v) is 13.6. The number of benzene rings is 4. The Kier molecular flexibility index (Phi) is 9.02. The Bertz CT molecular complexity index is 1500. The van der Waals surface area contributed by atoms with Crippen LogP contribution < -0.4 is 14.5 Å². The molecule has 0 radical (unpaired) electrons. The van der Waals surface area contributed by atoms with Crippen LogP contribution in [0.2, 0.25) is 10.0 Å². The molecule has 0 heterocycles. The van der Waals surface area contributed by atoms with Crippen molar-refractivity contribution < 1.29 is 17.9 Å². The Morgan fingerprint density at radius 3 is 2.11 bits per heavy atom. The van der Waals surface area contributed by atoms with E-state index >= 15 is 0 Å². The molecule has 0 spiro atoms. The first-order chi connectivity index (χ1) is 18.3. The van der Waals surface area contributed by atoms with Gasteiger partial charge in [-0.1, -0.05) is 71.7 Å². The van der Waals surface area contributed by atoms with Gasteiger partial charge in [-0.25, -0.2) is 13.8 Å². The van der Waals surface area contributed by atoms with E-state index in [4.69, 9.17) is 27.9 Å². The molecule has 194 valence electrons. The topological polar surface area (TPSA) is 88.1 Å². The maximum Gasteiger partial charge on any atom is 0.264 e. The molecule has 4 aromatic carbocycles. The second-order valence-corrected chi connectivity index (χ2v) is 10.8. The van der Waals surface area contributed by atoms with Gasteiger partial charge in [0, 0.05) is 10.0 Å². The smallest absolute Gasteiger partial charge is 0.264 e. The molecule has 0 aliphatic carbocycles. The molecule has 1 N–H and O–H groups in total. The van der Waals surface area contributed by atoms with Crippen molar-refractivity contribution in [3.8, 4) is 5.75 Å². The van der Waals surface area contributed by atoms with E-state index in [0.717, 1.165) is 9.87 Å². The van der Waals surface area contributed by atoms with E-state index in [2.05, 4.69) is 10.5 Å². The van der Waals surface area contributed by atoms with Crippen LogP contribution in [-0.2, 0) is 21.4 Å². The Labute approximate surface area is 231 Å². The van der Waals surface area contributed by atoms with Crippen LogP contribution in [0.25, 0.3) is 0 Å². The lowest BCUT2D eigenvalue weighted by atomic mass is 10.2. The number of carbonyl (C=O) groups excluding carboxylic acids is 1.